The molecule has 1 aromatic heterocycles. The first-order valence-corrected chi connectivity index (χ1v) is 6.26. The van der Waals surface area contributed by atoms with Gasteiger partial charge in [0.1, 0.15) is 5.60 Å². The van der Waals surface area contributed by atoms with Gasteiger partial charge < -0.3 is 20.5 Å². The Hall–Kier alpha value is -2.24. The Kier molecular flexibility index (Phi) is 5.37. The van der Waals surface area contributed by atoms with E-state index >= 15 is 0 Å². The molecule has 6 heteroatoms. The third kappa shape index (κ3) is 5.60. The minimum Gasteiger partial charge on any atom is -0.480 e. The predicted molar refractivity (Wildman–Crippen MR) is 78.5 cm³/mol. The zero-order valence-corrected chi connectivity index (χ0v) is 12.3. The van der Waals surface area contributed by atoms with Crippen LogP contribution in [-0.2, 0) is 4.74 Å². The molecular weight excluding hydrogens is 258 g/mol. The van der Waals surface area contributed by atoms with Crippen molar-refractivity contribution in [3.05, 3.63) is 23.9 Å². The molecule has 0 radical (unpaired) electrons. The second-order valence-corrected chi connectivity index (χ2v) is 5.12. The van der Waals surface area contributed by atoms with Crippen LogP contribution in [0.2, 0.25) is 0 Å². The zero-order valence-electron chi connectivity index (χ0n) is 12.3. The molecule has 0 bridgehead atoms. The number of carbonyl (C=O) groups excluding carboxylic acids is 1. The summed E-state index contributed by atoms with van der Waals surface area (Å²) in [7, 11) is 1.51. The highest BCUT2D eigenvalue weighted by Gasteiger charge is 2.14. The van der Waals surface area contributed by atoms with E-state index < -0.39 is 11.7 Å². The highest BCUT2D eigenvalue weighted by atomic mass is 16.6. The van der Waals surface area contributed by atoms with Crippen LogP contribution < -0.4 is 15.8 Å². The Labute approximate surface area is 119 Å². The number of hydrogen-bond acceptors (Lipinski definition) is 5. The lowest BCUT2D eigenvalue weighted by Gasteiger charge is -2.19. The van der Waals surface area contributed by atoms with Gasteiger partial charge >= 0.3 is 6.09 Å². The maximum atomic E-state index is 11.4. The van der Waals surface area contributed by atoms with Gasteiger partial charge in [-0.25, -0.2) is 9.78 Å². The number of nitrogen functional groups attached to an aromatic ring is 1. The lowest BCUT2D eigenvalue weighted by molar-refractivity contribution is 0.0534. The van der Waals surface area contributed by atoms with Crippen molar-refractivity contribution in [3.8, 4) is 5.88 Å². The molecule has 20 heavy (non-hydrogen) atoms. The van der Waals surface area contributed by atoms with Crippen molar-refractivity contribution in [1.82, 2.24) is 10.3 Å². The summed E-state index contributed by atoms with van der Waals surface area (Å²) in [6.45, 7) is 5.79. The van der Waals surface area contributed by atoms with Gasteiger partial charge in [0, 0.05) is 6.54 Å². The van der Waals surface area contributed by atoms with Gasteiger partial charge in [-0.15, -0.1) is 0 Å². The average Bonchev–Trinajstić information content (AvgIpc) is 2.34. The topological polar surface area (TPSA) is 86.5 Å². The van der Waals surface area contributed by atoms with E-state index in [4.69, 9.17) is 15.2 Å². The van der Waals surface area contributed by atoms with Gasteiger partial charge in [-0.2, -0.15) is 0 Å². The fourth-order valence-corrected chi connectivity index (χ4v) is 1.36. The number of aromatic nitrogens is 1. The Morgan fingerprint density at radius 1 is 1.45 bits per heavy atom. The van der Waals surface area contributed by atoms with Gasteiger partial charge in [-0.05, 0) is 39.0 Å². The third-order valence-electron chi connectivity index (χ3n) is 2.16. The van der Waals surface area contributed by atoms with Crippen molar-refractivity contribution in [3.63, 3.8) is 0 Å². The molecule has 1 rings (SSSR count). The molecule has 1 aromatic rings. The summed E-state index contributed by atoms with van der Waals surface area (Å²) >= 11 is 0. The first kappa shape index (κ1) is 15.8. The van der Waals surface area contributed by atoms with E-state index in [9.17, 15) is 4.79 Å². The molecule has 0 aromatic carbocycles. The van der Waals surface area contributed by atoms with Gasteiger partial charge in [-0.1, -0.05) is 6.08 Å². The second-order valence-electron chi connectivity index (χ2n) is 5.12. The van der Waals surface area contributed by atoms with E-state index in [1.807, 2.05) is 20.8 Å². The lowest BCUT2D eigenvalue weighted by atomic mass is 10.2. The second kappa shape index (κ2) is 6.79. The molecule has 1 heterocycles. The summed E-state index contributed by atoms with van der Waals surface area (Å²) in [5.41, 5.74) is 6.35. The molecule has 1 amide bonds. The first-order chi connectivity index (χ1) is 9.31. The molecule has 0 saturated carbocycles. The highest BCUT2D eigenvalue weighted by Crippen LogP contribution is 2.18. The Bertz CT molecular complexity index is 493. The number of nitrogens with one attached hydrogen (secondary N) is 1. The highest BCUT2D eigenvalue weighted by molar-refractivity contribution is 5.68. The van der Waals surface area contributed by atoms with E-state index in [1.165, 1.54) is 7.11 Å². The Morgan fingerprint density at radius 3 is 2.75 bits per heavy atom. The van der Waals surface area contributed by atoms with Gasteiger partial charge in [0.05, 0.1) is 18.5 Å². The summed E-state index contributed by atoms with van der Waals surface area (Å²) < 4.78 is 10.1. The Morgan fingerprint density at radius 2 is 2.15 bits per heavy atom. The Balaban J connectivity index is 2.47. The molecule has 0 atom stereocenters. The molecule has 0 unspecified atom stereocenters. The number of nitrogens with zero attached hydrogens (tertiary/aromatic N) is 1. The van der Waals surface area contributed by atoms with Gasteiger partial charge in [0.25, 0.3) is 0 Å². The molecule has 0 fully saturated rings. The van der Waals surface area contributed by atoms with E-state index in [0.717, 1.165) is 0 Å². The van der Waals surface area contributed by atoms with E-state index in [1.54, 1.807) is 24.3 Å². The predicted octanol–water partition coefficient (Wildman–Crippen LogP) is 2.21. The SMILES string of the molecule is COc1nc(C=CCNC(=O)OC(C)(C)C)ccc1N. The van der Waals surface area contributed by atoms with Crippen LogP contribution in [0.15, 0.2) is 18.2 Å². The van der Waals surface area contributed by atoms with Crippen molar-refractivity contribution in [1.29, 1.82) is 0 Å². The minimum absolute atomic E-state index is 0.350. The summed E-state index contributed by atoms with van der Waals surface area (Å²) in [6, 6.07) is 3.48. The number of anilines is 1. The molecule has 6 nitrogen and oxygen atoms in total. The summed E-state index contributed by atoms with van der Waals surface area (Å²) in [4.78, 5) is 15.6. The van der Waals surface area contributed by atoms with Crippen molar-refractivity contribution in [2.75, 3.05) is 19.4 Å². The summed E-state index contributed by atoms with van der Waals surface area (Å²) in [5.74, 6) is 0.382. The van der Waals surface area contributed by atoms with Crippen LogP contribution in [0.25, 0.3) is 6.08 Å². The zero-order chi connectivity index (χ0) is 15.2. The third-order valence-corrected chi connectivity index (χ3v) is 2.16. The number of pyridine rings is 1. The van der Waals surface area contributed by atoms with Gasteiger partial charge in [-0.3, -0.25) is 0 Å². The maximum absolute atomic E-state index is 11.4. The molecule has 0 spiro atoms. The van der Waals surface area contributed by atoms with Crippen molar-refractivity contribution < 1.29 is 14.3 Å². The molecule has 0 aliphatic carbocycles. The smallest absolute Gasteiger partial charge is 0.407 e. The van der Waals surface area contributed by atoms with Crippen molar-refractivity contribution in [2.24, 2.45) is 0 Å². The van der Waals surface area contributed by atoms with Crippen LogP contribution in [0, 0.1) is 0 Å². The average molecular weight is 279 g/mol. The number of rotatable bonds is 4. The fraction of sp³-hybridized carbons (Fsp3) is 0.429. The molecule has 3 N–H and O–H groups in total. The van der Waals surface area contributed by atoms with Crippen LogP contribution in [0.5, 0.6) is 5.88 Å². The quantitative estimate of drug-likeness (QED) is 0.882. The first-order valence-electron chi connectivity index (χ1n) is 6.26. The molecule has 0 aliphatic heterocycles. The number of carbonyl (C=O) groups is 1. The number of ether oxygens (including phenoxy) is 2. The van der Waals surface area contributed by atoms with E-state index in [0.29, 0.717) is 23.8 Å². The van der Waals surface area contributed by atoms with Crippen LogP contribution >= 0.6 is 0 Å². The molecule has 110 valence electrons. The minimum atomic E-state index is -0.500. The van der Waals surface area contributed by atoms with Crippen LogP contribution in [-0.4, -0.2) is 30.3 Å². The van der Waals surface area contributed by atoms with Crippen molar-refractivity contribution in [2.45, 2.75) is 26.4 Å². The fourth-order valence-electron chi connectivity index (χ4n) is 1.36. The van der Waals surface area contributed by atoms with E-state index in [2.05, 4.69) is 10.3 Å². The van der Waals surface area contributed by atoms with Crippen LogP contribution in [0.3, 0.4) is 0 Å². The van der Waals surface area contributed by atoms with Crippen LogP contribution in [0.4, 0.5) is 10.5 Å². The summed E-state index contributed by atoms with van der Waals surface area (Å²) in [6.07, 6.45) is 3.08. The van der Waals surface area contributed by atoms with Crippen LogP contribution in [0.1, 0.15) is 26.5 Å². The van der Waals surface area contributed by atoms with E-state index in [-0.39, 0.29) is 0 Å². The lowest BCUT2D eigenvalue weighted by Crippen LogP contribution is -2.32. The molecule has 0 aliphatic rings. The number of hydrogen-bond donors (Lipinski definition) is 2. The largest absolute Gasteiger partial charge is 0.480 e. The standard InChI is InChI=1S/C14H21N3O3/c1-14(2,3)20-13(18)16-9-5-6-10-7-8-11(15)12(17-10)19-4/h5-8H,9,15H2,1-4H3,(H,16,18). The number of amides is 1. The number of alkyl carbamates (subject to hydrolysis) is 1. The summed E-state index contributed by atoms with van der Waals surface area (Å²) in [5, 5.41) is 2.62. The number of methoxy groups -OCH3 is 1. The number of nitrogens with two attached hydrogens (primary N) is 1. The molecule has 0 saturated heterocycles. The maximum Gasteiger partial charge on any atom is 0.407 e. The van der Waals surface area contributed by atoms with Crippen molar-refractivity contribution >= 4 is 17.9 Å². The monoisotopic (exact) mass is 279 g/mol. The normalized spacial score (nSPS) is 11.4. The molecular formula is C14H21N3O3. The van der Waals surface area contributed by atoms with Gasteiger partial charge in [0.2, 0.25) is 5.88 Å². The van der Waals surface area contributed by atoms with Gasteiger partial charge in [0.15, 0.2) is 0 Å².